The molecule has 0 spiro atoms. The Kier molecular flexibility index (Phi) is 4.10. The van der Waals surface area contributed by atoms with Gasteiger partial charge in [0.25, 0.3) is 5.91 Å². The molecule has 1 aromatic heterocycles. The monoisotopic (exact) mass is 314 g/mol. The number of aromatic nitrogens is 2. The fraction of sp³-hybridized carbons (Fsp3) is 0.375. The second-order valence-electron chi connectivity index (χ2n) is 5.46. The summed E-state index contributed by atoms with van der Waals surface area (Å²) >= 11 is 0. The van der Waals surface area contributed by atoms with Crippen LogP contribution in [0.1, 0.15) is 21.7 Å². The maximum Gasteiger partial charge on any atom is 0.409 e. The molecule has 0 radical (unpaired) electrons. The van der Waals surface area contributed by atoms with Crippen LogP contribution in [0.15, 0.2) is 18.2 Å². The number of benzene rings is 1. The molecule has 0 atom stereocenters. The van der Waals surface area contributed by atoms with E-state index in [4.69, 9.17) is 4.74 Å². The minimum Gasteiger partial charge on any atom is -0.448 e. The van der Waals surface area contributed by atoms with Crippen molar-refractivity contribution in [3.05, 3.63) is 35.2 Å². The predicted molar refractivity (Wildman–Crippen MR) is 84.3 cm³/mol. The van der Waals surface area contributed by atoms with Gasteiger partial charge < -0.3 is 15.0 Å². The maximum atomic E-state index is 12.2. The van der Waals surface area contributed by atoms with Gasteiger partial charge in [0.2, 0.25) is 0 Å². The number of nitrogens with zero attached hydrogens (tertiary/aromatic N) is 3. The Bertz CT molecular complexity index is 775. The Hall–Kier alpha value is -2.70. The standard InChI is InChI=1S/C16H18N4O3/c1-10-11(2)19-14-9-12(3-4-13(14)18-10)15(21)17-5-6-20-7-8-23-16(20)22/h3-4,9H,5-8H2,1-2H3,(H,17,21). The molecule has 1 N–H and O–H groups in total. The van der Waals surface area contributed by atoms with Crippen LogP contribution in [-0.4, -0.2) is 53.1 Å². The summed E-state index contributed by atoms with van der Waals surface area (Å²) in [5, 5.41) is 2.80. The zero-order valence-corrected chi connectivity index (χ0v) is 13.1. The number of hydrogen-bond acceptors (Lipinski definition) is 5. The number of cyclic esters (lactones) is 1. The van der Waals surface area contributed by atoms with Gasteiger partial charge in [-0.2, -0.15) is 0 Å². The summed E-state index contributed by atoms with van der Waals surface area (Å²) in [7, 11) is 0. The molecule has 3 rings (SSSR count). The number of aryl methyl sites for hydroxylation is 2. The summed E-state index contributed by atoms with van der Waals surface area (Å²) in [6, 6.07) is 5.25. The van der Waals surface area contributed by atoms with E-state index in [9.17, 15) is 9.59 Å². The number of carbonyl (C=O) groups excluding carboxylic acids is 2. The van der Waals surface area contributed by atoms with Crippen LogP contribution in [0.3, 0.4) is 0 Å². The van der Waals surface area contributed by atoms with Gasteiger partial charge in [0.05, 0.1) is 29.0 Å². The molecule has 1 fully saturated rings. The van der Waals surface area contributed by atoms with Crippen molar-refractivity contribution in [2.24, 2.45) is 0 Å². The molecule has 2 aromatic rings. The Morgan fingerprint density at radius 1 is 1.26 bits per heavy atom. The Labute approximate surface area is 133 Å². The first-order valence-electron chi connectivity index (χ1n) is 7.49. The van der Waals surface area contributed by atoms with Crippen molar-refractivity contribution in [3.8, 4) is 0 Å². The first kappa shape index (κ1) is 15.2. The van der Waals surface area contributed by atoms with Crippen LogP contribution in [0.5, 0.6) is 0 Å². The van der Waals surface area contributed by atoms with Crippen molar-refractivity contribution in [1.29, 1.82) is 0 Å². The van der Waals surface area contributed by atoms with Crippen molar-refractivity contribution in [1.82, 2.24) is 20.2 Å². The molecule has 2 heterocycles. The highest BCUT2D eigenvalue weighted by Crippen LogP contribution is 2.14. The van der Waals surface area contributed by atoms with Crippen molar-refractivity contribution >= 4 is 23.0 Å². The SMILES string of the molecule is Cc1nc2ccc(C(=O)NCCN3CCOC3=O)cc2nc1C. The topological polar surface area (TPSA) is 84.4 Å². The number of ether oxygens (including phenoxy) is 1. The summed E-state index contributed by atoms with van der Waals surface area (Å²) in [6.07, 6.45) is -0.328. The van der Waals surface area contributed by atoms with Gasteiger partial charge in [0.1, 0.15) is 6.61 Å². The highest BCUT2D eigenvalue weighted by Gasteiger charge is 2.21. The van der Waals surface area contributed by atoms with Gasteiger partial charge in [-0.15, -0.1) is 0 Å². The lowest BCUT2D eigenvalue weighted by Gasteiger charge is -2.13. The van der Waals surface area contributed by atoms with E-state index in [1.165, 1.54) is 0 Å². The summed E-state index contributed by atoms with van der Waals surface area (Å²) in [4.78, 5) is 34.0. The van der Waals surface area contributed by atoms with E-state index in [0.717, 1.165) is 16.9 Å². The number of nitrogens with one attached hydrogen (secondary N) is 1. The maximum absolute atomic E-state index is 12.2. The average molecular weight is 314 g/mol. The Balaban J connectivity index is 1.66. The number of hydrogen-bond donors (Lipinski definition) is 1. The molecule has 23 heavy (non-hydrogen) atoms. The molecule has 1 aromatic carbocycles. The smallest absolute Gasteiger partial charge is 0.409 e. The normalized spacial score (nSPS) is 14.2. The van der Waals surface area contributed by atoms with Gasteiger partial charge in [-0.3, -0.25) is 4.79 Å². The second-order valence-corrected chi connectivity index (χ2v) is 5.46. The summed E-state index contributed by atoms with van der Waals surface area (Å²) in [6.45, 7) is 5.60. The summed E-state index contributed by atoms with van der Waals surface area (Å²) < 4.78 is 4.84. The molecule has 2 amide bonds. The molecule has 1 aliphatic rings. The number of fused-ring (bicyclic) bond motifs is 1. The molecule has 7 nitrogen and oxygen atoms in total. The van der Waals surface area contributed by atoms with Crippen molar-refractivity contribution in [2.75, 3.05) is 26.2 Å². The summed E-state index contributed by atoms with van der Waals surface area (Å²) in [5.41, 5.74) is 3.72. The van der Waals surface area contributed by atoms with Gasteiger partial charge >= 0.3 is 6.09 Å². The van der Waals surface area contributed by atoms with E-state index in [1.54, 1.807) is 23.1 Å². The van der Waals surface area contributed by atoms with E-state index in [-0.39, 0.29) is 12.0 Å². The minimum absolute atomic E-state index is 0.195. The van der Waals surface area contributed by atoms with Crippen LogP contribution in [0.25, 0.3) is 11.0 Å². The molecule has 7 heteroatoms. The second kappa shape index (κ2) is 6.20. The van der Waals surface area contributed by atoms with E-state index >= 15 is 0 Å². The lowest BCUT2D eigenvalue weighted by Crippen LogP contribution is -2.35. The highest BCUT2D eigenvalue weighted by molar-refractivity contribution is 5.97. The molecule has 1 saturated heterocycles. The quantitative estimate of drug-likeness (QED) is 0.923. The minimum atomic E-state index is -0.328. The van der Waals surface area contributed by atoms with Crippen molar-refractivity contribution in [3.63, 3.8) is 0 Å². The van der Waals surface area contributed by atoms with Gasteiger partial charge in [0.15, 0.2) is 0 Å². The zero-order valence-electron chi connectivity index (χ0n) is 13.1. The lowest BCUT2D eigenvalue weighted by molar-refractivity contribution is 0.0949. The number of rotatable bonds is 4. The third kappa shape index (κ3) is 3.23. The predicted octanol–water partition coefficient (Wildman–Crippen LogP) is 1.43. The molecule has 120 valence electrons. The van der Waals surface area contributed by atoms with Gasteiger partial charge in [-0.1, -0.05) is 0 Å². The van der Waals surface area contributed by atoms with Crippen molar-refractivity contribution < 1.29 is 14.3 Å². The van der Waals surface area contributed by atoms with Gasteiger partial charge in [-0.05, 0) is 32.0 Å². The third-order valence-electron chi connectivity index (χ3n) is 3.85. The van der Waals surface area contributed by atoms with Crippen LogP contribution >= 0.6 is 0 Å². The average Bonchev–Trinajstić information content (AvgIpc) is 2.93. The van der Waals surface area contributed by atoms with E-state index in [0.29, 0.717) is 37.3 Å². The first-order chi connectivity index (χ1) is 11.0. The first-order valence-corrected chi connectivity index (χ1v) is 7.49. The number of amides is 2. The van der Waals surface area contributed by atoms with Gasteiger partial charge in [0, 0.05) is 18.7 Å². The van der Waals surface area contributed by atoms with E-state index in [2.05, 4.69) is 15.3 Å². The highest BCUT2D eigenvalue weighted by atomic mass is 16.6. The van der Waals surface area contributed by atoms with Crippen LogP contribution < -0.4 is 5.32 Å². The number of carbonyl (C=O) groups is 2. The lowest BCUT2D eigenvalue weighted by atomic mass is 10.1. The van der Waals surface area contributed by atoms with Crippen LogP contribution in [0, 0.1) is 13.8 Å². The van der Waals surface area contributed by atoms with Crippen LogP contribution in [0.2, 0.25) is 0 Å². The third-order valence-corrected chi connectivity index (χ3v) is 3.85. The summed E-state index contributed by atoms with van der Waals surface area (Å²) in [5.74, 6) is -0.195. The molecule has 0 bridgehead atoms. The Morgan fingerprint density at radius 3 is 2.70 bits per heavy atom. The fourth-order valence-corrected chi connectivity index (χ4v) is 2.41. The largest absolute Gasteiger partial charge is 0.448 e. The van der Waals surface area contributed by atoms with Crippen molar-refractivity contribution in [2.45, 2.75) is 13.8 Å². The fourth-order valence-electron chi connectivity index (χ4n) is 2.41. The molecular formula is C16H18N4O3. The molecule has 0 saturated carbocycles. The zero-order chi connectivity index (χ0) is 16.4. The molecule has 0 aliphatic carbocycles. The molecule has 1 aliphatic heterocycles. The van der Waals surface area contributed by atoms with E-state index < -0.39 is 0 Å². The van der Waals surface area contributed by atoms with Gasteiger partial charge in [-0.25, -0.2) is 14.8 Å². The molecular weight excluding hydrogens is 296 g/mol. The Morgan fingerprint density at radius 2 is 2.00 bits per heavy atom. The van der Waals surface area contributed by atoms with Crippen LogP contribution in [-0.2, 0) is 4.74 Å². The van der Waals surface area contributed by atoms with Crippen LogP contribution in [0.4, 0.5) is 4.79 Å². The van der Waals surface area contributed by atoms with E-state index in [1.807, 2.05) is 13.8 Å². The molecule has 0 unspecified atom stereocenters.